The van der Waals surface area contributed by atoms with Gasteiger partial charge in [-0.15, -0.1) is 0 Å². The first-order valence-corrected chi connectivity index (χ1v) is 6.70. The number of carbonyl (C=O) groups is 2. The molecule has 0 fully saturated rings. The van der Waals surface area contributed by atoms with Crippen molar-refractivity contribution in [2.24, 2.45) is 17.8 Å². The van der Waals surface area contributed by atoms with Gasteiger partial charge < -0.3 is 5.73 Å². The summed E-state index contributed by atoms with van der Waals surface area (Å²) in [6, 6.07) is 6.61. The van der Waals surface area contributed by atoms with Crippen LogP contribution in [0.25, 0.3) is 0 Å². The van der Waals surface area contributed by atoms with Crippen molar-refractivity contribution in [3.63, 3.8) is 0 Å². The van der Waals surface area contributed by atoms with Crippen molar-refractivity contribution in [1.29, 1.82) is 5.26 Å². The Hall–Kier alpha value is -3.60. The topological polar surface area (TPSA) is 114 Å². The number of nitrogens with two attached hydrogens (primary N) is 1. The number of aliphatic imine (C=N–C) groups is 1. The molecule has 0 aliphatic rings. The predicted octanol–water partition coefficient (Wildman–Crippen LogP) is 1.67. The van der Waals surface area contributed by atoms with E-state index in [4.69, 9.17) is 11.0 Å². The largest absolute Gasteiger partial charge is 0.405 e. The number of benzene rings is 1. The molecule has 0 saturated carbocycles. The minimum absolute atomic E-state index is 0.000615. The number of allylic oxidation sites excluding steroid dienone is 1. The Balaban J connectivity index is 2.51. The second-order valence-corrected chi connectivity index (χ2v) is 4.66. The molecule has 0 aliphatic heterocycles. The Bertz CT molecular complexity index is 906. The number of aryl methyl sites for hydroxylation is 1. The molecule has 24 heavy (non-hydrogen) atoms. The van der Waals surface area contributed by atoms with E-state index in [1.165, 1.54) is 29.9 Å². The molecule has 1 aromatic carbocycles. The van der Waals surface area contributed by atoms with E-state index in [0.717, 1.165) is 18.3 Å². The molecule has 7 nitrogen and oxygen atoms in total. The number of hydrogen-bond acceptors (Lipinski definition) is 6. The number of aldehydes is 1. The Labute approximate surface area is 136 Å². The highest BCUT2D eigenvalue weighted by Gasteiger charge is 2.18. The standard InChI is InChI=1S/C16H12FN5O2/c1-22-12(8-19)7-15(21-22)16(24)14(4-5-18)20-13-3-2-11(17)6-10(13)9-23/h2-7,9H,18H2,1H3. The summed E-state index contributed by atoms with van der Waals surface area (Å²) >= 11 is 0. The molecule has 0 spiro atoms. The van der Waals surface area contributed by atoms with E-state index in [1.807, 2.05) is 6.07 Å². The fourth-order valence-electron chi connectivity index (χ4n) is 1.92. The van der Waals surface area contributed by atoms with Crippen LogP contribution in [0.1, 0.15) is 26.5 Å². The van der Waals surface area contributed by atoms with E-state index in [9.17, 15) is 14.0 Å². The van der Waals surface area contributed by atoms with Crippen LogP contribution in [0.4, 0.5) is 10.1 Å². The molecule has 0 amide bonds. The number of hydrogen-bond donors (Lipinski definition) is 1. The summed E-state index contributed by atoms with van der Waals surface area (Å²) in [5.74, 6) is -1.18. The van der Waals surface area contributed by atoms with Gasteiger partial charge in [-0.05, 0) is 30.5 Å². The minimum Gasteiger partial charge on any atom is -0.405 e. The van der Waals surface area contributed by atoms with Crippen molar-refractivity contribution in [2.75, 3.05) is 0 Å². The van der Waals surface area contributed by atoms with E-state index in [2.05, 4.69) is 10.1 Å². The van der Waals surface area contributed by atoms with Gasteiger partial charge in [0.15, 0.2) is 6.29 Å². The first-order valence-electron chi connectivity index (χ1n) is 6.70. The lowest BCUT2D eigenvalue weighted by molar-refractivity contribution is 0.106. The Morgan fingerprint density at radius 2 is 2.21 bits per heavy atom. The third-order valence-electron chi connectivity index (χ3n) is 3.07. The van der Waals surface area contributed by atoms with Crippen molar-refractivity contribution in [1.82, 2.24) is 9.78 Å². The molecule has 0 saturated heterocycles. The molecule has 8 heteroatoms. The molecule has 1 heterocycles. The van der Waals surface area contributed by atoms with Gasteiger partial charge in [0.05, 0.1) is 5.69 Å². The molecule has 0 aliphatic carbocycles. The quantitative estimate of drug-likeness (QED) is 0.510. The minimum atomic E-state index is -0.596. The average molecular weight is 325 g/mol. The molecular weight excluding hydrogens is 313 g/mol. The Morgan fingerprint density at radius 1 is 1.46 bits per heavy atom. The van der Waals surface area contributed by atoms with Crippen molar-refractivity contribution in [3.8, 4) is 6.07 Å². The maximum atomic E-state index is 13.2. The number of nitrogens with zero attached hydrogens (tertiary/aromatic N) is 4. The van der Waals surface area contributed by atoms with Crippen LogP contribution in [-0.2, 0) is 7.05 Å². The lowest BCUT2D eigenvalue weighted by atomic mass is 10.1. The average Bonchev–Trinajstić information content (AvgIpc) is 2.96. The first kappa shape index (κ1) is 16.8. The SMILES string of the molecule is Cn1nc(C(=O)C(C=CN)=Nc2ccc(F)cc2C=O)cc1C#N. The summed E-state index contributed by atoms with van der Waals surface area (Å²) in [4.78, 5) is 27.6. The summed E-state index contributed by atoms with van der Waals surface area (Å²) < 4.78 is 14.4. The summed E-state index contributed by atoms with van der Waals surface area (Å²) in [6.45, 7) is 0. The van der Waals surface area contributed by atoms with Gasteiger partial charge in [0.1, 0.15) is 29.0 Å². The summed E-state index contributed by atoms with van der Waals surface area (Å²) in [6.07, 6.45) is 2.78. The van der Waals surface area contributed by atoms with Gasteiger partial charge >= 0.3 is 0 Å². The zero-order valence-corrected chi connectivity index (χ0v) is 12.6. The number of nitriles is 1. The highest BCUT2D eigenvalue weighted by atomic mass is 19.1. The van der Waals surface area contributed by atoms with Crippen LogP contribution in [0.2, 0.25) is 0 Å². The Kier molecular flexibility index (Phi) is 4.96. The molecule has 0 radical (unpaired) electrons. The molecule has 0 bridgehead atoms. The molecular formula is C16H12FN5O2. The van der Waals surface area contributed by atoms with Crippen molar-refractivity contribution in [3.05, 3.63) is 59.3 Å². The predicted molar refractivity (Wildman–Crippen MR) is 84.5 cm³/mol. The highest BCUT2D eigenvalue weighted by Crippen LogP contribution is 2.20. The van der Waals surface area contributed by atoms with Crippen molar-refractivity contribution >= 4 is 23.5 Å². The molecule has 1 aromatic heterocycles. The third kappa shape index (κ3) is 3.41. The van der Waals surface area contributed by atoms with Gasteiger partial charge in [-0.1, -0.05) is 0 Å². The smallest absolute Gasteiger partial charge is 0.231 e. The number of carbonyl (C=O) groups excluding carboxylic acids is 2. The fourth-order valence-corrected chi connectivity index (χ4v) is 1.92. The fraction of sp³-hybridized carbons (Fsp3) is 0.0625. The third-order valence-corrected chi connectivity index (χ3v) is 3.07. The van der Waals surface area contributed by atoms with E-state index >= 15 is 0 Å². The van der Waals surface area contributed by atoms with Crippen LogP contribution >= 0.6 is 0 Å². The van der Waals surface area contributed by atoms with Crippen LogP contribution in [0, 0.1) is 17.1 Å². The number of ketones is 1. The molecule has 2 N–H and O–H groups in total. The van der Waals surface area contributed by atoms with E-state index in [0.29, 0.717) is 6.29 Å². The van der Waals surface area contributed by atoms with Gasteiger partial charge in [0.2, 0.25) is 5.78 Å². The molecule has 120 valence electrons. The molecule has 2 aromatic rings. The second-order valence-electron chi connectivity index (χ2n) is 4.66. The van der Waals surface area contributed by atoms with Crippen molar-refractivity contribution < 1.29 is 14.0 Å². The van der Waals surface area contributed by atoms with Gasteiger partial charge in [-0.2, -0.15) is 10.4 Å². The molecule has 0 atom stereocenters. The maximum Gasteiger partial charge on any atom is 0.231 e. The van der Waals surface area contributed by atoms with Crippen molar-refractivity contribution in [2.45, 2.75) is 0 Å². The normalized spacial score (nSPS) is 11.5. The molecule has 2 rings (SSSR count). The number of aromatic nitrogens is 2. The lowest BCUT2D eigenvalue weighted by Crippen LogP contribution is -2.13. The zero-order chi connectivity index (χ0) is 17.7. The first-order chi connectivity index (χ1) is 11.5. The maximum absolute atomic E-state index is 13.2. The van der Waals surface area contributed by atoms with E-state index < -0.39 is 11.6 Å². The van der Waals surface area contributed by atoms with Crippen LogP contribution in [0.3, 0.4) is 0 Å². The highest BCUT2D eigenvalue weighted by molar-refractivity contribution is 6.49. The zero-order valence-electron chi connectivity index (χ0n) is 12.6. The van der Waals surface area contributed by atoms with E-state index in [-0.39, 0.29) is 28.4 Å². The lowest BCUT2D eigenvalue weighted by Gasteiger charge is -2.02. The number of rotatable bonds is 5. The van der Waals surface area contributed by atoms with Crippen LogP contribution in [0.5, 0.6) is 0 Å². The van der Waals surface area contributed by atoms with Gasteiger partial charge in [-0.25, -0.2) is 9.38 Å². The van der Waals surface area contributed by atoms with E-state index in [1.54, 1.807) is 0 Å². The van der Waals surface area contributed by atoms with Crippen LogP contribution in [0.15, 0.2) is 41.5 Å². The second kappa shape index (κ2) is 7.11. The number of Topliss-reactive ketones (excluding diaryl/α,β-unsaturated/α-hetero) is 1. The monoisotopic (exact) mass is 325 g/mol. The van der Waals surface area contributed by atoms with Gasteiger partial charge in [-0.3, -0.25) is 14.3 Å². The summed E-state index contributed by atoms with van der Waals surface area (Å²) in [7, 11) is 1.52. The van der Waals surface area contributed by atoms with Crippen LogP contribution < -0.4 is 5.73 Å². The summed E-state index contributed by atoms with van der Waals surface area (Å²) in [5, 5.41) is 12.9. The Morgan fingerprint density at radius 3 is 2.79 bits per heavy atom. The summed E-state index contributed by atoms with van der Waals surface area (Å²) in [5.41, 5.74) is 5.54. The van der Waals surface area contributed by atoms with Crippen LogP contribution in [-0.4, -0.2) is 27.6 Å². The number of halogens is 1. The van der Waals surface area contributed by atoms with Gasteiger partial charge in [0.25, 0.3) is 0 Å². The van der Waals surface area contributed by atoms with Gasteiger partial charge in [0, 0.05) is 18.7 Å². The molecule has 0 unspecified atom stereocenters.